The molecule has 0 heterocycles. The molecule has 0 atom stereocenters. The fourth-order valence-corrected chi connectivity index (χ4v) is 1.72. The fourth-order valence-electron chi connectivity index (χ4n) is 1.72. The summed E-state index contributed by atoms with van der Waals surface area (Å²) in [7, 11) is 3.26. The highest BCUT2D eigenvalue weighted by molar-refractivity contribution is 5.90. The molecule has 1 aromatic carbocycles. The third kappa shape index (κ3) is 3.49. The lowest BCUT2D eigenvalue weighted by Crippen LogP contribution is -2.27. The van der Waals surface area contributed by atoms with Crippen LogP contribution in [-0.2, 0) is 17.6 Å². The number of likely N-dealkylation sites (N-methyl/N-ethyl adjacent to an activating group) is 1. The summed E-state index contributed by atoms with van der Waals surface area (Å²) in [6.45, 7) is 2.60. The molecular formula is C14H18N2O2. The van der Waals surface area contributed by atoms with Gasteiger partial charge in [0.2, 0.25) is 0 Å². The van der Waals surface area contributed by atoms with Crippen LogP contribution in [0, 0.1) is 11.3 Å². The molecule has 0 aliphatic rings. The van der Waals surface area contributed by atoms with E-state index in [0.29, 0.717) is 13.0 Å². The van der Waals surface area contributed by atoms with Gasteiger partial charge in [0.1, 0.15) is 5.75 Å². The maximum Gasteiger partial charge on any atom is 0.324 e. The van der Waals surface area contributed by atoms with Crippen LogP contribution in [0.15, 0.2) is 18.2 Å². The van der Waals surface area contributed by atoms with Gasteiger partial charge in [0.05, 0.1) is 7.11 Å². The highest BCUT2D eigenvalue weighted by Gasteiger charge is 2.09. The van der Waals surface area contributed by atoms with Crippen LogP contribution in [-0.4, -0.2) is 31.5 Å². The van der Waals surface area contributed by atoms with Crippen molar-refractivity contribution >= 4 is 5.91 Å². The van der Waals surface area contributed by atoms with Gasteiger partial charge >= 0.3 is 5.91 Å². The Kier molecular flexibility index (Phi) is 5.19. The normalized spacial score (nSPS) is 9.67. The summed E-state index contributed by atoms with van der Waals surface area (Å²) in [5, 5.41) is 8.52. The fraction of sp³-hybridized carbons (Fsp3) is 0.429. The molecule has 0 radical (unpaired) electrons. The molecule has 4 nitrogen and oxygen atoms in total. The van der Waals surface area contributed by atoms with Crippen LogP contribution in [0.3, 0.4) is 0 Å². The van der Waals surface area contributed by atoms with E-state index in [9.17, 15) is 4.79 Å². The number of aryl methyl sites for hydroxylation is 1. The largest absolute Gasteiger partial charge is 0.496 e. The number of rotatable bonds is 5. The lowest BCUT2D eigenvalue weighted by molar-refractivity contribution is -0.124. The third-order valence-corrected chi connectivity index (χ3v) is 2.91. The number of hydrogen-bond acceptors (Lipinski definition) is 3. The van der Waals surface area contributed by atoms with E-state index in [2.05, 4.69) is 13.0 Å². The molecule has 0 saturated heterocycles. The van der Waals surface area contributed by atoms with Gasteiger partial charge in [-0.3, -0.25) is 4.79 Å². The Morgan fingerprint density at radius 3 is 2.78 bits per heavy atom. The van der Waals surface area contributed by atoms with Gasteiger partial charge in [0.25, 0.3) is 0 Å². The van der Waals surface area contributed by atoms with Crippen molar-refractivity contribution in [1.29, 1.82) is 5.26 Å². The smallest absolute Gasteiger partial charge is 0.324 e. The van der Waals surface area contributed by atoms with Crippen LogP contribution in [0.4, 0.5) is 0 Å². The molecule has 4 heteroatoms. The Morgan fingerprint density at radius 1 is 1.50 bits per heavy atom. The predicted octanol–water partition coefficient (Wildman–Crippen LogP) is 1.78. The molecule has 0 bridgehead atoms. The van der Waals surface area contributed by atoms with Gasteiger partial charge < -0.3 is 9.64 Å². The van der Waals surface area contributed by atoms with E-state index in [4.69, 9.17) is 10.00 Å². The number of benzene rings is 1. The molecule has 1 aromatic rings. The van der Waals surface area contributed by atoms with E-state index >= 15 is 0 Å². The highest BCUT2D eigenvalue weighted by Crippen LogP contribution is 2.21. The topological polar surface area (TPSA) is 53.3 Å². The second-order valence-corrected chi connectivity index (χ2v) is 4.09. The number of nitrogens with zero attached hydrogens (tertiary/aromatic N) is 2. The number of carbonyl (C=O) groups excluding carboxylic acids is 1. The lowest BCUT2D eigenvalue weighted by Gasteiger charge is -2.15. The first-order chi connectivity index (χ1) is 8.62. The van der Waals surface area contributed by atoms with Crippen LogP contribution in [0.2, 0.25) is 0 Å². The molecular weight excluding hydrogens is 228 g/mol. The molecule has 0 fully saturated rings. The quantitative estimate of drug-likeness (QED) is 0.744. The minimum absolute atomic E-state index is 0.510. The average Bonchev–Trinajstić information content (AvgIpc) is 2.43. The zero-order chi connectivity index (χ0) is 13.5. The van der Waals surface area contributed by atoms with Crippen LogP contribution in [0.25, 0.3) is 0 Å². The molecule has 0 N–H and O–H groups in total. The Balaban J connectivity index is 2.77. The molecule has 1 amide bonds. The summed E-state index contributed by atoms with van der Waals surface area (Å²) < 4.78 is 5.30. The molecule has 0 aromatic heterocycles. The van der Waals surface area contributed by atoms with E-state index in [1.54, 1.807) is 20.2 Å². The summed E-state index contributed by atoms with van der Waals surface area (Å²) in [5.41, 5.74) is 2.30. The van der Waals surface area contributed by atoms with Crippen molar-refractivity contribution in [3.05, 3.63) is 29.3 Å². The molecule has 0 aliphatic heterocycles. The maximum absolute atomic E-state index is 11.1. The van der Waals surface area contributed by atoms with E-state index in [0.717, 1.165) is 17.7 Å². The van der Waals surface area contributed by atoms with E-state index in [1.165, 1.54) is 10.5 Å². The van der Waals surface area contributed by atoms with Gasteiger partial charge in [-0.1, -0.05) is 19.1 Å². The summed E-state index contributed by atoms with van der Waals surface area (Å²) in [6.07, 6.45) is 1.64. The van der Waals surface area contributed by atoms with Gasteiger partial charge in [-0.2, -0.15) is 5.26 Å². The van der Waals surface area contributed by atoms with Crippen molar-refractivity contribution < 1.29 is 9.53 Å². The zero-order valence-electron chi connectivity index (χ0n) is 11.1. The molecule has 18 heavy (non-hydrogen) atoms. The minimum Gasteiger partial charge on any atom is -0.496 e. The Labute approximate surface area is 108 Å². The number of hydrogen-bond donors (Lipinski definition) is 0. The Hall–Kier alpha value is -2.02. The van der Waals surface area contributed by atoms with Crippen LogP contribution >= 0.6 is 0 Å². The van der Waals surface area contributed by atoms with E-state index in [-0.39, 0.29) is 0 Å². The predicted molar refractivity (Wildman–Crippen MR) is 69.3 cm³/mol. The Bertz CT molecular complexity index is 463. The second-order valence-electron chi connectivity index (χ2n) is 4.09. The highest BCUT2D eigenvalue weighted by atomic mass is 16.5. The summed E-state index contributed by atoms with van der Waals surface area (Å²) >= 11 is 0. The minimum atomic E-state index is -0.513. The third-order valence-electron chi connectivity index (χ3n) is 2.91. The van der Waals surface area contributed by atoms with Crippen molar-refractivity contribution in [3.8, 4) is 11.8 Å². The molecule has 96 valence electrons. The number of nitriles is 1. The van der Waals surface area contributed by atoms with E-state index < -0.39 is 5.91 Å². The van der Waals surface area contributed by atoms with Gasteiger partial charge in [-0.05, 0) is 30.0 Å². The van der Waals surface area contributed by atoms with Gasteiger partial charge in [0.15, 0.2) is 6.07 Å². The maximum atomic E-state index is 11.1. The van der Waals surface area contributed by atoms with Gasteiger partial charge in [0, 0.05) is 13.6 Å². The van der Waals surface area contributed by atoms with Crippen LogP contribution in [0.1, 0.15) is 18.1 Å². The molecule has 0 aliphatic carbocycles. The standard InChI is InChI=1S/C14H18N2O2/c1-4-11-5-6-13(18-3)12(9-11)7-8-16(2)14(17)10-15/h5-6,9H,4,7-8H2,1-3H3. The van der Waals surface area contributed by atoms with Crippen molar-refractivity contribution in [2.75, 3.05) is 20.7 Å². The number of ether oxygens (including phenoxy) is 1. The first-order valence-corrected chi connectivity index (χ1v) is 5.93. The van der Waals surface area contributed by atoms with Crippen LogP contribution in [0.5, 0.6) is 5.75 Å². The monoisotopic (exact) mass is 246 g/mol. The van der Waals surface area contributed by atoms with E-state index in [1.807, 2.05) is 12.1 Å². The van der Waals surface area contributed by atoms with Crippen molar-refractivity contribution in [3.63, 3.8) is 0 Å². The van der Waals surface area contributed by atoms with Crippen molar-refractivity contribution in [2.24, 2.45) is 0 Å². The summed E-state index contributed by atoms with van der Waals surface area (Å²) in [4.78, 5) is 12.6. The average molecular weight is 246 g/mol. The molecule has 1 rings (SSSR count). The van der Waals surface area contributed by atoms with Crippen molar-refractivity contribution in [2.45, 2.75) is 19.8 Å². The zero-order valence-corrected chi connectivity index (χ0v) is 11.1. The van der Waals surface area contributed by atoms with Crippen LogP contribution < -0.4 is 4.74 Å². The second kappa shape index (κ2) is 6.65. The molecule has 0 spiro atoms. The molecule has 0 unspecified atom stereocenters. The Morgan fingerprint density at radius 2 is 2.22 bits per heavy atom. The molecule has 0 saturated carbocycles. The van der Waals surface area contributed by atoms with Gasteiger partial charge in [-0.25, -0.2) is 0 Å². The SMILES string of the molecule is CCc1ccc(OC)c(CCN(C)C(=O)C#N)c1. The number of carbonyl (C=O) groups is 1. The first-order valence-electron chi connectivity index (χ1n) is 5.93. The summed E-state index contributed by atoms with van der Waals surface area (Å²) in [5.74, 6) is 0.311. The number of amides is 1. The van der Waals surface area contributed by atoms with Gasteiger partial charge in [-0.15, -0.1) is 0 Å². The van der Waals surface area contributed by atoms with Crippen molar-refractivity contribution in [1.82, 2.24) is 4.90 Å². The lowest BCUT2D eigenvalue weighted by atomic mass is 10.0. The number of methoxy groups -OCH3 is 1. The summed E-state index contributed by atoms with van der Waals surface area (Å²) in [6, 6.07) is 7.67. The first kappa shape index (κ1) is 14.0.